The van der Waals surface area contributed by atoms with Gasteiger partial charge in [0.05, 0.1) is 18.1 Å². The number of hydrogen-bond donors (Lipinski definition) is 1. The maximum atomic E-state index is 12.7. The minimum absolute atomic E-state index is 0.00985. The molecule has 2 aromatic heterocycles. The monoisotopic (exact) mass is 516 g/mol. The molecule has 0 saturated carbocycles. The van der Waals surface area contributed by atoms with Crippen molar-refractivity contribution in [3.05, 3.63) is 75.5 Å². The summed E-state index contributed by atoms with van der Waals surface area (Å²) in [6.45, 7) is 1.89. The Balaban J connectivity index is 1.48. The molecule has 3 amide bonds. The number of benzene rings is 1. The van der Waals surface area contributed by atoms with Crippen LogP contribution in [0.4, 0.5) is 4.79 Å². The van der Waals surface area contributed by atoms with E-state index in [0.29, 0.717) is 10.9 Å². The molecule has 0 atom stereocenters. The quantitative estimate of drug-likeness (QED) is 0.280. The summed E-state index contributed by atoms with van der Waals surface area (Å²) in [5.41, 5.74) is 1.23. The van der Waals surface area contributed by atoms with E-state index in [1.165, 1.54) is 37.1 Å². The smallest absolute Gasteiger partial charge is 0.373 e. The number of carbonyl (C=O) groups excluding carboxylic acids is 3. The second kappa shape index (κ2) is 9.09. The van der Waals surface area contributed by atoms with Gasteiger partial charge in [0.25, 0.3) is 5.91 Å². The molecule has 1 saturated heterocycles. The van der Waals surface area contributed by atoms with E-state index in [4.69, 9.17) is 8.83 Å². The van der Waals surface area contributed by atoms with Crippen molar-refractivity contribution < 1.29 is 28.0 Å². The molecule has 0 bridgehead atoms. The van der Waals surface area contributed by atoms with Crippen LogP contribution in [0.25, 0.3) is 6.08 Å². The lowest BCUT2D eigenvalue weighted by Gasteiger charge is -2.09. The minimum atomic E-state index is -0.642. The Morgan fingerprint density at radius 3 is 2.66 bits per heavy atom. The van der Waals surface area contributed by atoms with Crippen LogP contribution in [0.3, 0.4) is 0 Å². The molecule has 4 rings (SSSR count). The summed E-state index contributed by atoms with van der Waals surface area (Å²) in [5, 5.41) is 3.16. The molecule has 1 aliphatic heterocycles. The maximum absolute atomic E-state index is 12.7. The standard InChI is InChI=1S/C22H17BrN2O6S/c1-12-3-6-15(7-4-12)32-21-16(23)9-14(31-21)10-17-19(26)25(22(28)24-17)11-13-5-8-18(30-13)20(27)29-2/h3-10H,11H2,1-2H3,(H,24,28)/b17-10-. The molecule has 1 aliphatic rings. The Kier molecular flexibility index (Phi) is 6.24. The highest BCUT2D eigenvalue weighted by atomic mass is 79.9. The summed E-state index contributed by atoms with van der Waals surface area (Å²) >= 11 is 4.90. The number of esters is 1. The first kappa shape index (κ1) is 22.0. The van der Waals surface area contributed by atoms with Crippen LogP contribution < -0.4 is 5.32 Å². The van der Waals surface area contributed by atoms with E-state index in [0.717, 1.165) is 19.8 Å². The van der Waals surface area contributed by atoms with Gasteiger partial charge in [-0.3, -0.25) is 9.69 Å². The number of hydrogen-bond acceptors (Lipinski definition) is 7. The molecule has 0 spiro atoms. The van der Waals surface area contributed by atoms with Gasteiger partial charge in [0.2, 0.25) is 5.76 Å². The van der Waals surface area contributed by atoms with Crippen LogP contribution in [0.2, 0.25) is 0 Å². The van der Waals surface area contributed by atoms with Crippen molar-refractivity contribution in [3.8, 4) is 0 Å². The highest BCUT2D eigenvalue weighted by Gasteiger charge is 2.34. The predicted molar refractivity (Wildman–Crippen MR) is 119 cm³/mol. The molecular weight excluding hydrogens is 500 g/mol. The molecule has 0 aliphatic carbocycles. The topological polar surface area (TPSA) is 102 Å². The fourth-order valence-corrected chi connectivity index (χ4v) is 4.24. The first-order chi connectivity index (χ1) is 15.3. The van der Waals surface area contributed by atoms with Crippen molar-refractivity contribution in [2.24, 2.45) is 0 Å². The number of nitrogens with one attached hydrogen (secondary N) is 1. The summed E-state index contributed by atoms with van der Waals surface area (Å²) in [5.74, 6) is -0.511. The number of furan rings is 2. The van der Waals surface area contributed by atoms with Gasteiger partial charge in [-0.1, -0.05) is 29.5 Å². The van der Waals surface area contributed by atoms with Crippen molar-refractivity contribution in [3.63, 3.8) is 0 Å². The second-order valence-electron chi connectivity index (χ2n) is 6.84. The van der Waals surface area contributed by atoms with Gasteiger partial charge in [-0.25, -0.2) is 9.59 Å². The Labute approximate surface area is 195 Å². The third-order valence-corrected chi connectivity index (χ3v) is 6.37. The summed E-state index contributed by atoms with van der Waals surface area (Å²) in [7, 11) is 1.23. The number of aryl methyl sites for hydroxylation is 1. The van der Waals surface area contributed by atoms with Gasteiger partial charge in [-0.15, -0.1) is 0 Å². The molecule has 0 radical (unpaired) electrons. The number of urea groups is 1. The Morgan fingerprint density at radius 1 is 1.19 bits per heavy atom. The third kappa shape index (κ3) is 4.66. The summed E-state index contributed by atoms with van der Waals surface area (Å²) in [4.78, 5) is 38.5. The summed E-state index contributed by atoms with van der Waals surface area (Å²) < 4.78 is 16.5. The number of imide groups is 1. The zero-order valence-electron chi connectivity index (χ0n) is 17.0. The number of nitrogens with zero attached hydrogens (tertiary/aromatic N) is 1. The normalized spacial score (nSPS) is 14.8. The van der Waals surface area contributed by atoms with E-state index < -0.39 is 17.9 Å². The van der Waals surface area contributed by atoms with Crippen LogP contribution >= 0.6 is 27.7 Å². The highest BCUT2D eigenvalue weighted by molar-refractivity contribution is 9.10. The van der Waals surface area contributed by atoms with Crippen LogP contribution in [0.5, 0.6) is 0 Å². The van der Waals surface area contributed by atoms with Crippen LogP contribution in [-0.4, -0.2) is 29.9 Å². The maximum Gasteiger partial charge on any atom is 0.373 e. The molecule has 32 heavy (non-hydrogen) atoms. The first-order valence-corrected chi connectivity index (χ1v) is 11.0. The van der Waals surface area contributed by atoms with E-state index in [9.17, 15) is 14.4 Å². The lowest BCUT2D eigenvalue weighted by molar-refractivity contribution is -0.123. The van der Waals surface area contributed by atoms with Crippen molar-refractivity contribution in [2.75, 3.05) is 7.11 Å². The van der Waals surface area contributed by atoms with Crippen molar-refractivity contribution in [1.29, 1.82) is 0 Å². The second-order valence-corrected chi connectivity index (χ2v) is 8.74. The molecule has 10 heteroatoms. The van der Waals surface area contributed by atoms with Gasteiger partial charge in [0.15, 0.2) is 5.09 Å². The fraction of sp³-hybridized carbons (Fsp3) is 0.136. The van der Waals surface area contributed by atoms with Gasteiger partial charge < -0.3 is 18.9 Å². The molecular formula is C22H17BrN2O6S. The summed E-state index contributed by atoms with van der Waals surface area (Å²) in [6.07, 6.45) is 1.46. The van der Waals surface area contributed by atoms with E-state index in [1.54, 1.807) is 6.07 Å². The predicted octanol–water partition coefficient (Wildman–Crippen LogP) is 4.97. The van der Waals surface area contributed by atoms with Gasteiger partial charge in [-0.05, 0) is 53.2 Å². The third-order valence-electron chi connectivity index (χ3n) is 4.52. The summed E-state index contributed by atoms with van der Waals surface area (Å²) in [6, 6.07) is 12.1. The van der Waals surface area contributed by atoms with Crippen molar-refractivity contribution in [2.45, 2.75) is 23.5 Å². The highest BCUT2D eigenvalue weighted by Crippen LogP contribution is 2.36. The van der Waals surface area contributed by atoms with Gasteiger partial charge in [0.1, 0.15) is 17.2 Å². The SMILES string of the molecule is COC(=O)c1ccc(CN2C(=O)N/C(=C\c3cc(Br)c(Sc4ccc(C)cc4)o3)C2=O)o1. The zero-order chi connectivity index (χ0) is 22.8. The van der Waals surface area contributed by atoms with Crippen LogP contribution in [-0.2, 0) is 16.1 Å². The van der Waals surface area contributed by atoms with E-state index >= 15 is 0 Å². The number of methoxy groups -OCH3 is 1. The molecule has 1 fully saturated rings. The Morgan fingerprint density at radius 2 is 1.94 bits per heavy atom. The average molecular weight is 517 g/mol. The van der Waals surface area contributed by atoms with Gasteiger partial charge >= 0.3 is 12.0 Å². The fourth-order valence-electron chi connectivity index (χ4n) is 2.91. The Hall–Kier alpha value is -3.24. The van der Waals surface area contributed by atoms with Crippen LogP contribution in [0, 0.1) is 6.92 Å². The number of rotatable bonds is 6. The molecule has 164 valence electrons. The average Bonchev–Trinajstić information content (AvgIpc) is 3.44. The largest absolute Gasteiger partial charge is 0.463 e. The van der Waals surface area contributed by atoms with E-state index in [-0.39, 0.29) is 23.8 Å². The molecule has 3 heterocycles. The van der Waals surface area contributed by atoms with Gasteiger partial charge in [0, 0.05) is 11.0 Å². The number of carbonyl (C=O) groups is 3. The van der Waals surface area contributed by atoms with Crippen LogP contribution in [0.1, 0.15) is 27.6 Å². The molecule has 0 unspecified atom stereocenters. The van der Waals surface area contributed by atoms with Crippen molar-refractivity contribution in [1.82, 2.24) is 10.2 Å². The van der Waals surface area contributed by atoms with E-state index in [2.05, 4.69) is 26.0 Å². The molecule has 8 nitrogen and oxygen atoms in total. The lowest BCUT2D eigenvalue weighted by Crippen LogP contribution is -2.30. The first-order valence-electron chi connectivity index (χ1n) is 9.39. The zero-order valence-corrected chi connectivity index (χ0v) is 19.4. The lowest BCUT2D eigenvalue weighted by atomic mass is 10.2. The van der Waals surface area contributed by atoms with Gasteiger partial charge in [-0.2, -0.15) is 0 Å². The Bertz CT molecular complexity index is 1230. The molecule has 1 N–H and O–H groups in total. The minimum Gasteiger partial charge on any atom is -0.463 e. The number of amides is 3. The van der Waals surface area contributed by atoms with Crippen LogP contribution in [0.15, 0.2) is 71.5 Å². The number of ether oxygens (including phenoxy) is 1. The van der Waals surface area contributed by atoms with Crippen molar-refractivity contribution >= 4 is 51.7 Å². The molecule has 3 aromatic rings. The number of halogens is 1. The van der Waals surface area contributed by atoms with E-state index in [1.807, 2.05) is 31.2 Å². The molecule has 1 aromatic carbocycles.